The molecule has 0 aromatic heterocycles. The maximum atomic E-state index is 13.7. The van der Waals surface area contributed by atoms with Crippen LogP contribution in [0.25, 0.3) is 0 Å². The maximum absolute atomic E-state index is 13.7. The Morgan fingerprint density at radius 3 is 2.26 bits per heavy atom. The third-order valence-electron chi connectivity index (χ3n) is 6.14. The molecular formula is C30H34Cl2N2O3S. The standard InChI is InChI=1S/C30H34Cl2N2O3S/c1-3-4-17-33-30(36)28(18-22-9-6-5-7-10-22)34(19-25-26(31)11-8-12-27(25)32)29(35)21-38-20-23-13-15-24(37-2)16-14-23/h5-16,28H,3-4,17-21H2,1-2H3,(H,33,36)/t28-/m1/s1. The number of thioether (sulfide) groups is 1. The largest absolute Gasteiger partial charge is 0.497 e. The summed E-state index contributed by atoms with van der Waals surface area (Å²) in [5.74, 6) is 1.32. The van der Waals surface area contributed by atoms with Crippen molar-refractivity contribution in [2.24, 2.45) is 0 Å². The van der Waals surface area contributed by atoms with E-state index < -0.39 is 6.04 Å². The fourth-order valence-corrected chi connectivity index (χ4v) is 5.36. The molecule has 1 atom stereocenters. The summed E-state index contributed by atoms with van der Waals surface area (Å²) in [4.78, 5) is 28.9. The first-order valence-electron chi connectivity index (χ1n) is 12.7. The Bertz CT molecular complexity index is 1160. The van der Waals surface area contributed by atoms with Gasteiger partial charge in [0.15, 0.2) is 0 Å². The van der Waals surface area contributed by atoms with Crippen LogP contribution in [0.4, 0.5) is 0 Å². The van der Waals surface area contributed by atoms with Gasteiger partial charge in [-0.25, -0.2) is 0 Å². The van der Waals surface area contributed by atoms with Crippen LogP contribution in [0.2, 0.25) is 10.0 Å². The van der Waals surface area contributed by atoms with Crippen molar-refractivity contribution in [2.45, 2.75) is 44.5 Å². The van der Waals surface area contributed by atoms with Gasteiger partial charge >= 0.3 is 0 Å². The van der Waals surface area contributed by atoms with Gasteiger partial charge < -0.3 is 15.0 Å². The lowest BCUT2D eigenvalue weighted by Gasteiger charge is -2.32. The molecule has 0 bridgehead atoms. The number of benzene rings is 3. The first-order valence-corrected chi connectivity index (χ1v) is 14.6. The second-order valence-electron chi connectivity index (χ2n) is 8.91. The summed E-state index contributed by atoms with van der Waals surface area (Å²) < 4.78 is 5.22. The van der Waals surface area contributed by atoms with Crippen LogP contribution < -0.4 is 10.1 Å². The third-order valence-corrected chi connectivity index (χ3v) is 7.84. The number of amides is 2. The Kier molecular flexibility index (Phi) is 12.3. The van der Waals surface area contributed by atoms with Crippen LogP contribution in [-0.4, -0.2) is 42.2 Å². The Labute approximate surface area is 239 Å². The van der Waals surface area contributed by atoms with E-state index in [1.807, 2.05) is 54.6 Å². The molecule has 202 valence electrons. The van der Waals surface area contributed by atoms with Crippen molar-refractivity contribution >= 4 is 46.8 Å². The van der Waals surface area contributed by atoms with Crippen molar-refractivity contribution in [1.82, 2.24) is 10.2 Å². The predicted molar refractivity (Wildman–Crippen MR) is 158 cm³/mol. The van der Waals surface area contributed by atoms with E-state index >= 15 is 0 Å². The Morgan fingerprint density at radius 2 is 1.63 bits per heavy atom. The molecule has 8 heteroatoms. The van der Waals surface area contributed by atoms with Gasteiger partial charge in [-0.1, -0.05) is 85.1 Å². The van der Waals surface area contributed by atoms with E-state index in [0.717, 1.165) is 29.7 Å². The fraction of sp³-hybridized carbons (Fsp3) is 0.333. The molecule has 0 aliphatic carbocycles. The number of halogens is 2. The van der Waals surface area contributed by atoms with Crippen molar-refractivity contribution in [3.63, 3.8) is 0 Å². The van der Waals surface area contributed by atoms with Crippen molar-refractivity contribution in [1.29, 1.82) is 0 Å². The van der Waals surface area contributed by atoms with Crippen LogP contribution in [0, 0.1) is 0 Å². The van der Waals surface area contributed by atoms with Crippen molar-refractivity contribution < 1.29 is 14.3 Å². The van der Waals surface area contributed by atoms with E-state index in [2.05, 4.69) is 12.2 Å². The molecule has 3 rings (SSSR count). The molecule has 1 N–H and O–H groups in total. The Balaban J connectivity index is 1.85. The van der Waals surface area contributed by atoms with Crippen LogP contribution in [0.3, 0.4) is 0 Å². The molecule has 5 nitrogen and oxygen atoms in total. The Morgan fingerprint density at radius 1 is 0.947 bits per heavy atom. The number of rotatable bonds is 14. The first kappa shape index (κ1) is 29.9. The number of hydrogen-bond donors (Lipinski definition) is 1. The normalized spacial score (nSPS) is 11.6. The van der Waals surface area contributed by atoms with Gasteiger partial charge in [0.1, 0.15) is 11.8 Å². The number of nitrogens with one attached hydrogen (secondary N) is 1. The molecule has 0 saturated carbocycles. The summed E-state index contributed by atoms with van der Waals surface area (Å²) in [6, 6.07) is 22.1. The minimum absolute atomic E-state index is 0.138. The topological polar surface area (TPSA) is 58.6 Å². The van der Waals surface area contributed by atoms with Gasteiger partial charge in [0.2, 0.25) is 11.8 Å². The molecule has 0 fully saturated rings. The molecule has 0 radical (unpaired) electrons. The van der Waals surface area contributed by atoms with E-state index in [1.54, 1.807) is 30.2 Å². The summed E-state index contributed by atoms with van der Waals surface area (Å²) in [6.45, 7) is 2.77. The van der Waals surface area contributed by atoms with Crippen molar-refractivity contribution in [3.05, 3.63) is 99.5 Å². The lowest BCUT2D eigenvalue weighted by atomic mass is 10.0. The number of methoxy groups -OCH3 is 1. The van der Waals surface area contributed by atoms with E-state index in [-0.39, 0.29) is 24.1 Å². The zero-order valence-electron chi connectivity index (χ0n) is 21.8. The van der Waals surface area contributed by atoms with Gasteiger partial charge in [-0.2, -0.15) is 0 Å². The average Bonchev–Trinajstić information content (AvgIpc) is 2.93. The Hall–Kier alpha value is -2.67. The molecule has 0 unspecified atom stereocenters. The zero-order chi connectivity index (χ0) is 27.3. The summed E-state index contributed by atoms with van der Waals surface area (Å²) in [5, 5.41) is 3.96. The highest BCUT2D eigenvalue weighted by atomic mass is 35.5. The quantitative estimate of drug-likeness (QED) is 0.216. The molecule has 3 aromatic rings. The van der Waals surface area contributed by atoms with Crippen LogP contribution in [0.15, 0.2) is 72.8 Å². The second kappa shape index (κ2) is 15.7. The van der Waals surface area contributed by atoms with Gasteiger partial charge in [0.05, 0.1) is 12.9 Å². The maximum Gasteiger partial charge on any atom is 0.243 e. The number of nitrogens with zero attached hydrogens (tertiary/aromatic N) is 1. The van der Waals surface area contributed by atoms with E-state index in [1.165, 1.54) is 11.8 Å². The number of unbranched alkanes of at least 4 members (excludes halogenated alkanes) is 1. The number of ether oxygens (including phenoxy) is 1. The lowest BCUT2D eigenvalue weighted by molar-refractivity contribution is -0.139. The van der Waals surface area contributed by atoms with E-state index in [9.17, 15) is 9.59 Å². The molecule has 0 heterocycles. The summed E-state index contributed by atoms with van der Waals surface area (Å²) in [7, 11) is 1.63. The predicted octanol–water partition coefficient (Wildman–Crippen LogP) is 6.79. The summed E-state index contributed by atoms with van der Waals surface area (Å²) in [5.41, 5.74) is 2.68. The molecule has 0 saturated heterocycles. The van der Waals surface area contributed by atoms with Crippen LogP contribution in [-0.2, 0) is 28.3 Å². The van der Waals surface area contributed by atoms with Gasteiger partial charge in [0, 0.05) is 40.9 Å². The number of hydrogen-bond acceptors (Lipinski definition) is 4. The highest BCUT2D eigenvalue weighted by Crippen LogP contribution is 2.28. The highest BCUT2D eigenvalue weighted by Gasteiger charge is 2.31. The monoisotopic (exact) mass is 572 g/mol. The minimum atomic E-state index is -0.712. The van der Waals surface area contributed by atoms with Crippen LogP contribution in [0.5, 0.6) is 5.75 Å². The number of carbonyl (C=O) groups is 2. The van der Waals surface area contributed by atoms with Gasteiger partial charge in [-0.15, -0.1) is 11.8 Å². The molecule has 0 aliphatic rings. The SMILES string of the molecule is CCCCNC(=O)[C@@H](Cc1ccccc1)N(Cc1c(Cl)cccc1Cl)C(=O)CSCc1ccc(OC)cc1. The fourth-order valence-electron chi connectivity index (χ4n) is 3.97. The van der Waals surface area contributed by atoms with Gasteiger partial charge in [-0.05, 0) is 41.8 Å². The smallest absolute Gasteiger partial charge is 0.243 e. The second-order valence-corrected chi connectivity index (χ2v) is 10.7. The summed E-state index contributed by atoms with van der Waals surface area (Å²) >= 11 is 14.5. The molecular weight excluding hydrogens is 539 g/mol. The zero-order valence-corrected chi connectivity index (χ0v) is 24.1. The van der Waals surface area contributed by atoms with E-state index in [4.69, 9.17) is 27.9 Å². The average molecular weight is 574 g/mol. The van der Waals surface area contributed by atoms with Crippen LogP contribution >= 0.6 is 35.0 Å². The molecule has 38 heavy (non-hydrogen) atoms. The highest BCUT2D eigenvalue weighted by molar-refractivity contribution is 7.99. The van der Waals surface area contributed by atoms with Gasteiger partial charge in [0.25, 0.3) is 0 Å². The van der Waals surface area contributed by atoms with Crippen LogP contribution in [0.1, 0.15) is 36.5 Å². The van der Waals surface area contributed by atoms with Gasteiger partial charge in [-0.3, -0.25) is 9.59 Å². The van der Waals surface area contributed by atoms with Crippen molar-refractivity contribution in [2.75, 3.05) is 19.4 Å². The molecule has 0 aliphatic heterocycles. The first-order chi connectivity index (χ1) is 18.4. The summed E-state index contributed by atoms with van der Waals surface area (Å²) in [6.07, 6.45) is 2.21. The minimum Gasteiger partial charge on any atom is -0.497 e. The molecule has 2 amide bonds. The molecule has 3 aromatic carbocycles. The molecule has 0 spiro atoms. The van der Waals surface area contributed by atoms with E-state index in [0.29, 0.717) is 34.3 Å². The number of carbonyl (C=O) groups excluding carboxylic acids is 2. The third kappa shape index (κ3) is 8.97. The lowest BCUT2D eigenvalue weighted by Crippen LogP contribution is -2.51. The van der Waals surface area contributed by atoms with Crippen molar-refractivity contribution in [3.8, 4) is 5.75 Å².